The number of halogens is 3. The van der Waals surface area contributed by atoms with Crippen molar-refractivity contribution in [3.8, 4) is 0 Å². The molecular formula is C64H89Br2FN4O6P2. The SMILES string of the molecule is CC(C)CC(NC(=O)[C@@H](NC(=O)OC(C)(C)C)C(C)(C)C)P(Br)(Cc1ccc(F)cc1CP(Br)(c1ccccc1)(c1ccccc1)C(CC(C)C)NC(=O)[C@@H](NC(=O)OC(C)(C)C)C(C)(C)C)(c1ccccc1)c1ccccc1. The van der Waals surface area contributed by atoms with Crippen molar-refractivity contribution in [2.45, 2.75) is 171 Å². The molecule has 0 aliphatic carbocycles. The molecule has 5 aromatic rings. The molecule has 0 heterocycles. The maximum atomic E-state index is 16.8. The topological polar surface area (TPSA) is 135 Å². The van der Waals surface area contributed by atoms with Crippen molar-refractivity contribution in [1.82, 2.24) is 21.3 Å². The third-order valence-electron chi connectivity index (χ3n) is 14.3. The van der Waals surface area contributed by atoms with Gasteiger partial charge in [-0.25, -0.2) is 0 Å². The number of carbonyl (C=O) groups is 4. The summed E-state index contributed by atoms with van der Waals surface area (Å²) in [4.78, 5) is 58.0. The molecule has 0 spiro atoms. The minimum absolute atomic E-state index is 0.0411. The van der Waals surface area contributed by atoms with Crippen LogP contribution in [0.2, 0.25) is 0 Å². The van der Waals surface area contributed by atoms with Gasteiger partial charge >= 0.3 is 491 Å². The first kappa shape index (κ1) is 65.1. The summed E-state index contributed by atoms with van der Waals surface area (Å²) in [6.07, 6.45) is 0.146. The Hall–Kier alpha value is -4.67. The van der Waals surface area contributed by atoms with Crippen molar-refractivity contribution in [1.29, 1.82) is 0 Å². The summed E-state index contributed by atoms with van der Waals surface area (Å²) in [7, 11) is 0. The molecule has 0 aromatic heterocycles. The summed E-state index contributed by atoms with van der Waals surface area (Å²) in [5.74, 6) is -2.33. The molecule has 79 heavy (non-hydrogen) atoms. The van der Waals surface area contributed by atoms with Crippen molar-refractivity contribution in [2.24, 2.45) is 22.7 Å². The monoisotopic (exact) mass is 1250 g/mol. The van der Waals surface area contributed by atoms with Crippen LogP contribution in [0.3, 0.4) is 0 Å². The van der Waals surface area contributed by atoms with Crippen LogP contribution in [0.5, 0.6) is 0 Å². The second-order valence-corrected chi connectivity index (χ2v) is 45.0. The molecule has 5 rings (SSSR count). The first-order valence-corrected chi connectivity index (χ1v) is 36.6. The zero-order chi connectivity index (χ0) is 59.0. The van der Waals surface area contributed by atoms with Crippen LogP contribution in [0, 0.1) is 28.5 Å². The summed E-state index contributed by atoms with van der Waals surface area (Å²) in [5.41, 5.74) is -1.57. The van der Waals surface area contributed by atoms with Crippen molar-refractivity contribution in [3.05, 3.63) is 156 Å². The van der Waals surface area contributed by atoms with Gasteiger partial charge in [0, 0.05) is 0 Å². The number of benzene rings is 5. The number of alkyl carbamates (subject to hydrolysis) is 2. The summed E-state index contributed by atoms with van der Waals surface area (Å²) in [6.45, 7) is 30.7. The maximum absolute atomic E-state index is 16.8. The Kier molecular flexibility index (Phi) is 20.8. The molecule has 0 aliphatic rings. The summed E-state index contributed by atoms with van der Waals surface area (Å²) < 4.78 is 28.3. The molecule has 4 amide bonds. The molecule has 432 valence electrons. The van der Waals surface area contributed by atoms with Gasteiger partial charge in [-0.05, 0) is 0 Å². The van der Waals surface area contributed by atoms with E-state index in [1.165, 1.54) is 6.07 Å². The number of nitrogens with one attached hydrogen (secondary N) is 4. The number of carbonyl (C=O) groups excluding carboxylic acids is 4. The van der Waals surface area contributed by atoms with E-state index in [0.717, 1.165) is 26.8 Å². The molecule has 0 fully saturated rings. The molecule has 10 nitrogen and oxygen atoms in total. The van der Waals surface area contributed by atoms with Crippen LogP contribution < -0.4 is 42.5 Å². The van der Waals surface area contributed by atoms with E-state index in [0.29, 0.717) is 24.6 Å². The van der Waals surface area contributed by atoms with Crippen molar-refractivity contribution in [2.75, 3.05) is 0 Å². The van der Waals surface area contributed by atoms with E-state index < -0.39 is 74.3 Å². The number of ether oxygens (including phenoxy) is 2. The summed E-state index contributed by atoms with van der Waals surface area (Å²) in [6, 6.07) is 43.8. The van der Waals surface area contributed by atoms with E-state index >= 15 is 14.0 Å². The zero-order valence-corrected chi connectivity index (χ0v) is 54.5. The number of hydrogen-bond acceptors (Lipinski definition) is 6. The van der Waals surface area contributed by atoms with Gasteiger partial charge < -0.3 is 0 Å². The molecule has 4 atom stereocenters. The zero-order valence-electron chi connectivity index (χ0n) is 49.5. The molecule has 0 aliphatic heterocycles. The van der Waals surface area contributed by atoms with Crippen LogP contribution in [-0.4, -0.2) is 58.9 Å². The Bertz CT molecular complexity index is 2790. The van der Waals surface area contributed by atoms with E-state index in [1.54, 1.807) is 47.6 Å². The number of rotatable bonds is 20. The van der Waals surface area contributed by atoms with E-state index in [-0.39, 0.29) is 29.8 Å². The first-order valence-electron chi connectivity index (χ1n) is 27.5. The molecule has 0 saturated heterocycles. The Morgan fingerprint density at radius 2 is 0.747 bits per heavy atom. The van der Waals surface area contributed by atoms with Crippen LogP contribution in [0.4, 0.5) is 14.0 Å². The van der Waals surface area contributed by atoms with Crippen molar-refractivity contribution >= 4 is 86.8 Å². The molecule has 0 saturated carbocycles. The Balaban J connectivity index is 1.89. The van der Waals surface area contributed by atoms with Crippen molar-refractivity contribution in [3.63, 3.8) is 0 Å². The Morgan fingerprint density at radius 3 is 1.01 bits per heavy atom. The van der Waals surface area contributed by atoms with E-state index in [9.17, 15) is 9.59 Å². The van der Waals surface area contributed by atoms with Crippen LogP contribution in [-0.2, 0) is 31.4 Å². The van der Waals surface area contributed by atoms with Gasteiger partial charge in [0.15, 0.2) is 0 Å². The quantitative estimate of drug-likeness (QED) is 0.0574. The predicted octanol–water partition coefficient (Wildman–Crippen LogP) is 14.7. The fourth-order valence-electron chi connectivity index (χ4n) is 10.6. The molecule has 15 heteroatoms. The average molecular weight is 1250 g/mol. The number of amides is 4. The van der Waals surface area contributed by atoms with Crippen LogP contribution >= 0.6 is 41.6 Å². The fraction of sp³-hybridized carbons (Fsp3) is 0.469. The van der Waals surface area contributed by atoms with Gasteiger partial charge in [-0.3, -0.25) is 0 Å². The molecule has 4 N–H and O–H groups in total. The van der Waals surface area contributed by atoms with Gasteiger partial charge in [-0.1, -0.05) is 0 Å². The first-order chi connectivity index (χ1) is 36.5. The van der Waals surface area contributed by atoms with Gasteiger partial charge in [0.2, 0.25) is 0 Å². The third-order valence-corrected chi connectivity index (χ3v) is 34.5. The van der Waals surface area contributed by atoms with Crippen LogP contribution in [0.25, 0.3) is 0 Å². The second kappa shape index (κ2) is 25.2. The van der Waals surface area contributed by atoms with E-state index in [1.807, 2.05) is 120 Å². The minimum atomic E-state index is -4.20. The number of hydrogen-bond donors (Lipinski definition) is 4. The summed E-state index contributed by atoms with van der Waals surface area (Å²) in [5, 5.41) is 8.54. The summed E-state index contributed by atoms with van der Waals surface area (Å²) >= 11 is 9.52. The molecule has 2 unspecified atom stereocenters. The van der Waals surface area contributed by atoms with Crippen LogP contribution in [0.15, 0.2) is 140 Å². The van der Waals surface area contributed by atoms with Gasteiger partial charge in [-0.2, -0.15) is 0 Å². The van der Waals surface area contributed by atoms with Gasteiger partial charge in [0.05, 0.1) is 0 Å². The third kappa shape index (κ3) is 15.7. The average Bonchev–Trinajstić information content (AvgIpc) is 3.34. The van der Waals surface area contributed by atoms with E-state index in [4.69, 9.17) is 40.5 Å². The Labute approximate surface area is 488 Å². The van der Waals surface area contributed by atoms with Crippen molar-refractivity contribution < 1.29 is 33.0 Å². The predicted molar refractivity (Wildman–Crippen MR) is 338 cm³/mol. The second-order valence-electron chi connectivity index (χ2n) is 26.3. The fourth-order valence-corrected chi connectivity index (χ4v) is 27.6. The van der Waals surface area contributed by atoms with Gasteiger partial charge in [-0.15, -0.1) is 0 Å². The van der Waals surface area contributed by atoms with Gasteiger partial charge in [0.1, 0.15) is 0 Å². The molecular weight excluding hydrogens is 1160 g/mol. The Morgan fingerprint density at radius 1 is 0.456 bits per heavy atom. The molecule has 0 radical (unpaired) electrons. The van der Waals surface area contributed by atoms with E-state index in [2.05, 4.69) is 97.5 Å². The standard InChI is InChI=1S/C64H89Br2FN4O6P2/c1-44(2)39-53(68-57(72)55(61(5,6)7)70-59(74)76-63(11,12)13)78(65,49-29-21-17-22-30-49,50-31-23-18-24-32-50)42-46-37-38-48(67)41-47(46)43-79(66,51-33-25-19-26-34-51,52-35-27-20-28-36-52)54(40-45(3)4)69-58(73)56(62(8,9)10)71-60(75)77-64(14,15)16/h17-38,41,44-45,53-56H,39-40,42-43H2,1-16H3,(H,68,72)(H,69,73)(H,70,74)(H,71,75)/t53?,54?,55-,56-/m1/s1. The molecule has 0 bridgehead atoms. The molecule has 5 aromatic carbocycles. The van der Waals surface area contributed by atoms with Crippen LogP contribution in [0.1, 0.15) is 135 Å². The van der Waals surface area contributed by atoms with Gasteiger partial charge in [0.25, 0.3) is 0 Å². The normalized spacial score (nSPS) is 15.3.